The number of hydrogen-bond donors (Lipinski definition) is 0. The highest BCUT2D eigenvalue weighted by Gasteiger charge is 2.46. The van der Waals surface area contributed by atoms with Crippen molar-refractivity contribution >= 4 is 15.2 Å². The number of nitrogens with zero attached hydrogens (tertiary/aromatic N) is 5. The molecule has 0 aliphatic heterocycles. The molecule has 0 aliphatic rings. The molecule has 7 nitrogen and oxygen atoms in total. The van der Waals surface area contributed by atoms with Crippen LogP contribution >= 0.6 is 15.2 Å². The molecule has 0 bridgehead atoms. The maximum Gasteiger partial charge on any atom is 0.293 e. The Hall–Kier alpha value is 0.260. The van der Waals surface area contributed by atoms with Gasteiger partial charge in [0.25, 0.3) is 15.2 Å². The summed E-state index contributed by atoms with van der Waals surface area (Å²) in [7, 11) is 9.41. The Balaban J connectivity index is 5.80. The Labute approximate surface area is 111 Å². The SMILES string of the molecule is CN(C)P(=O)(N(C)C)N(C)P(=O)(N(C)C)N(C)C. The Bertz CT molecular complexity index is 312. The largest absolute Gasteiger partial charge is 0.293 e. The first kappa shape index (κ1) is 18.3. The van der Waals surface area contributed by atoms with Gasteiger partial charge in [0.1, 0.15) is 0 Å². The molecule has 0 heterocycles. The van der Waals surface area contributed by atoms with Crippen LogP contribution in [0.2, 0.25) is 0 Å². The van der Waals surface area contributed by atoms with Crippen molar-refractivity contribution in [1.82, 2.24) is 23.1 Å². The smallest absolute Gasteiger partial charge is 0.270 e. The molecule has 0 N–H and O–H groups in total. The van der Waals surface area contributed by atoms with E-state index in [-0.39, 0.29) is 0 Å². The summed E-state index contributed by atoms with van der Waals surface area (Å²) in [5.41, 5.74) is 0. The van der Waals surface area contributed by atoms with E-state index in [0.717, 1.165) is 0 Å². The van der Waals surface area contributed by atoms with Crippen LogP contribution in [0.25, 0.3) is 0 Å². The predicted octanol–water partition coefficient (Wildman–Crippen LogP) is 1.38. The Morgan fingerprint density at radius 2 is 0.667 bits per heavy atom. The molecule has 0 fully saturated rings. The van der Waals surface area contributed by atoms with Crippen molar-refractivity contribution in [2.24, 2.45) is 0 Å². The lowest BCUT2D eigenvalue weighted by Gasteiger charge is -2.44. The lowest BCUT2D eigenvalue weighted by atomic mass is 11.3. The van der Waals surface area contributed by atoms with Gasteiger partial charge in [-0.25, -0.2) is 18.7 Å². The molecule has 9 heteroatoms. The molecule has 0 radical (unpaired) electrons. The fourth-order valence-electron chi connectivity index (χ4n) is 1.90. The molecule has 0 spiro atoms. The summed E-state index contributed by atoms with van der Waals surface area (Å²) in [6.45, 7) is 0. The topological polar surface area (TPSA) is 50.3 Å². The van der Waals surface area contributed by atoms with Crippen LogP contribution in [0.1, 0.15) is 0 Å². The van der Waals surface area contributed by atoms with Gasteiger partial charge in [-0.15, -0.1) is 0 Å². The lowest BCUT2D eigenvalue weighted by Crippen LogP contribution is -2.37. The third kappa shape index (κ3) is 2.88. The molecule has 18 heavy (non-hydrogen) atoms. The molecule has 0 saturated carbocycles. The van der Waals surface area contributed by atoms with Gasteiger partial charge in [0.2, 0.25) is 0 Å². The van der Waals surface area contributed by atoms with Crippen molar-refractivity contribution in [3.05, 3.63) is 0 Å². The summed E-state index contributed by atoms with van der Waals surface area (Å²) in [6.07, 6.45) is 0. The lowest BCUT2D eigenvalue weighted by molar-refractivity contribution is 0.364. The summed E-state index contributed by atoms with van der Waals surface area (Å²) < 4.78 is 34.2. The zero-order valence-electron chi connectivity index (χ0n) is 12.9. The Kier molecular flexibility index (Phi) is 6.23. The molecule has 0 aromatic heterocycles. The van der Waals surface area contributed by atoms with E-state index in [1.165, 1.54) is 4.44 Å². The van der Waals surface area contributed by atoms with E-state index < -0.39 is 15.2 Å². The van der Waals surface area contributed by atoms with E-state index in [9.17, 15) is 9.13 Å². The molecule has 0 atom stereocenters. The van der Waals surface area contributed by atoms with Crippen LogP contribution in [0, 0.1) is 0 Å². The normalized spacial score (nSPS) is 14.6. The molecule has 0 rings (SSSR count). The molecular weight excluding hydrogens is 272 g/mol. The van der Waals surface area contributed by atoms with E-state index in [1.807, 2.05) is 0 Å². The van der Waals surface area contributed by atoms with E-state index in [1.54, 1.807) is 82.1 Å². The quantitative estimate of drug-likeness (QED) is 0.687. The molecule has 0 unspecified atom stereocenters. The van der Waals surface area contributed by atoms with Crippen molar-refractivity contribution in [3.63, 3.8) is 0 Å². The van der Waals surface area contributed by atoms with Crippen molar-refractivity contribution < 1.29 is 9.13 Å². The highest BCUT2D eigenvalue weighted by atomic mass is 31.2. The van der Waals surface area contributed by atoms with Crippen molar-refractivity contribution in [3.8, 4) is 0 Å². The second-order valence-electron chi connectivity index (χ2n) is 4.90. The van der Waals surface area contributed by atoms with Crippen LogP contribution < -0.4 is 0 Å². The predicted molar refractivity (Wildman–Crippen MR) is 77.7 cm³/mol. The minimum absolute atomic E-state index is 1.49. The zero-order valence-corrected chi connectivity index (χ0v) is 14.7. The summed E-state index contributed by atoms with van der Waals surface area (Å²) in [6, 6.07) is 0. The molecule has 0 amide bonds. The zero-order chi connectivity index (χ0) is 14.9. The van der Waals surface area contributed by atoms with Gasteiger partial charge in [-0.2, -0.15) is 4.44 Å². The first-order valence-electron chi connectivity index (χ1n) is 5.59. The summed E-state index contributed by atoms with van der Waals surface area (Å²) >= 11 is 0. The first-order chi connectivity index (χ1) is 7.93. The standard InChI is InChI=1S/C9H27N5O2P2/c1-10(2)17(15,11(3)4)14(9)18(16,12(5)6)13(7)8/h1-9H3. The van der Waals surface area contributed by atoms with Gasteiger partial charge >= 0.3 is 0 Å². The number of rotatable bonds is 6. The Morgan fingerprint density at radius 1 is 0.500 bits per heavy atom. The van der Waals surface area contributed by atoms with Gasteiger partial charge in [0, 0.05) is 7.05 Å². The van der Waals surface area contributed by atoms with Crippen LogP contribution in [0.4, 0.5) is 0 Å². The molecule has 0 saturated heterocycles. The van der Waals surface area contributed by atoms with Gasteiger partial charge in [0.05, 0.1) is 0 Å². The van der Waals surface area contributed by atoms with Gasteiger partial charge < -0.3 is 0 Å². The van der Waals surface area contributed by atoms with Crippen molar-refractivity contribution in [2.45, 2.75) is 0 Å². The van der Waals surface area contributed by atoms with Crippen molar-refractivity contribution in [2.75, 3.05) is 63.4 Å². The number of hydrogen-bond acceptors (Lipinski definition) is 2. The van der Waals surface area contributed by atoms with Gasteiger partial charge in [-0.1, -0.05) is 0 Å². The molecule has 110 valence electrons. The average molecular weight is 299 g/mol. The second-order valence-corrected chi connectivity index (χ2v) is 11.7. The minimum Gasteiger partial charge on any atom is -0.270 e. The fraction of sp³-hybridized carbons (Fsp3) is 1.00. The fourth-order valence-corrected chi connectivity index (χ4v) is 8.54. The van der Waals surface area contributed by atoms with E-state index in [0.29, 0.717) is 0 Å². The van der Waals surface area contributed by atoms with Crippen LogP contribution in [0.5, 0.6) is 0 Å². The van der Waals surface area contributed by atoms with Crippen LogP contribution in [-0.4, -0.2) is 86.6 Å². The Morgan fingerprint density at radius 3 is 0.778 bits per heavy atom. The van der Waals surface area contributed by atoms with Crippen molar-refractivity contribution in [1.29, 1.82) is 0 Å². The van der Waals surface area contributed by atoms with Crippen LogP contribution in [0.3, 0.4) is 0 Å². The van der Waals surface area contributed by atoms with Gasteiger partial charge in [0.15, 0.2) is 0 Å². The minimum atomic E-state index is -3.03. The third-order valence-corrected chi connectivity index (χ3v) is 9.91. The van der Waals surface area contributed by atoms with E-state index in [4.69, 9.17) is 0 Å². The summed E-state index contributed by atoms with van der Waals surface area (Å²) in [5, 5.41) is 0. The molecule has 0 aliphatic carbocycles. The highest BCUT2D eigenvalue weighted by molar-refractivity contribution is 7.71. The highest BCUT2D eigenvalue weighted by Crippen LogP contribution is 2.68. The molecular formula is C9H27N5O2P2. The van der Waals surface area contributed by atoms with Crippen LogP contribution in [-0.2, 0) is 9.13 Å². The summed E-state index contributed by atoms with van der Waals surface area (Å²) in [5.74, 6) is 0. The first-order valence-corrected chi connectivity index (χ1v) is 8.72. The maximum atomic E-state index is 13.1. The maximum absolute atomic E-state index is 13.1. The van der Waals surface area contributed by atoms with Gasteiger partial charge in [-0.05, 0) is 56.4 Å². The second kappa shape index (κ2) is 6.14. The average Bonchev–Trinajstić information content (AvgIpc) is 2.24. The van der Waals surface area contributed by atoms with E-state index >= 15 is 0 Å². The third-order valence-electron chi connectivity index (χ3n) is 2.84. The van der Waals surface area contributed by atoms with Crippen LogP contribution in [0.15, 0.2) is 0 Å². The summed E-state index contributed by atoms with van der Waals surface area (Å²) in [4.78, 5) is 0. The molecule has 0 aromatic rings. The monoisotopic (exact) mass is 299 g/mol. The van der Waals surface area contributed by atoms with E-state index in [2.05, 4.69) is 0 Å². The van der Waals surface area contributed by atoms with Gasteiger partial charge in [-0.3, -0.25) is 9.13 Å². The molecule has 0 aromatic carbocycles.